The number of carbonyl (C=O) groups excluding carboxylic acids is 1. The van der Waals surface area contributed by atoms with Crippen LogP contribution in [0.15, 0.2) is 48.2 Å². The van der Waals surface area contributed by atoms with Gasteiger partial charge in [0, 0.05) is 11.8 Å². The molecule has 0 unspecified atom stereocenters. The Morgan fingerprint density at radius 2 is 1.58 bits per heavy atom. The molecule has 3 rings (SSSR count). The van der Waals surface area contributed by atoms with Gasteiger partial charge < -0.3 is 5.11 Å². The summed E-state index contributed by atoms with van der Waals surface area (Å²) in [5.74, 6) is 0.263. The minimum atomic E-state index is -0.352. The van der Waals surface area contributed by atoms with E-state index in [-0.39, 0.29) is 17.0 Å². The first-order chi connectivity index (χ1) is 11.3. The van der Waals surface area contributed by atoms with E-state index in [2.05, 4.69) is 37.3 Å². The molecule has 2 nitrogen and oxygen atoms in total. The first-order valence-electron chi connectivity index (χ1n) is 8.44. The maximum absolute atomic E-state index is 12.5. The van der Waals surface area contributed by atoms with Gasteiger partial charge in [-0.05, 0) is 48.6 Å². The highest BCUT2D eigenvalue weighted by molar-refractivity contribution is 6.22. The fourth-order valence-electron chi connectivity index (χ4n) is 3.23. The number of benzene rings is 2. The second kappa shape index (κ2) is 5.94. The summed E-state index contributed by atoms with van der Waals surface area (Å²) in [6, 6.07) is 14.5. The van der Waals surface area contributed by atoms with Crippen LogP contribution in [0.3, 0.4) is 0 Å². The van der Waals surface area contributed by atoms with Crippen LogP contribution in [0.25, 0.3) is 16.7 Å². The lowest BCUT2D eigenvalue weighted by Gasteiger charge is -2.31. The van der Waals surface area contributed by atoms with Crippen LogP contribution in [0, 0.1) is 19.3 Å². The standard InChI is InChI=1S/C22H24O2/c1-14-5-8-16(9-6-14)17-10-7-15(2)18(13-17)20-19(23)11-12-22(3,4)21(20)24/h5-10,13,24H,11-12H2,1-4H3. The van der Waals surface area contributed by atoms with Crippen molar-refractivity contribution in [3.63, 3.8) is 0 Å². The Labute approximate surface area is 143 Å². The van der Waals surface area contributed by atoms with Crippen LogP contribution >= 0.6 is 0 Å². The van der Waals surface area contributed by atoms with Crippen molar-refractivity contribution in [3.8, 4) is 11.1 Å². The van der Waals surface area contributed by atoms with E-state index in [0.717, 1.165) is 22.3 Å². The number of hydrogen-bond acceptors (Lipinski definition) is 2. The molecule has 0 bridgehead atoms. The van der Waals surface area contributed by atoms with Crippen molar-refractivity contribution < 1.29 is 9.90 Å². The monoisotopic (exact) mass is 320 g/mol. The van der Waals surface area contributed by atoms with E-state index in [9.17, 15) is 9.90 Å². The number of Topliss-reactive ketones (excluding diaryl/α,β-unsaturated/α-hetero) is 1. The molecule has 24 heavy (non-hydrogen) atoms. The van der Waals surface area contributed by atoms with Gasteiger partial charge in [0.2, 0.25) is 0 Å². The maximum atomic E-state index is 12.5. The Kier molecular flexibility index (Phi) is 4.08. The fourth-order valence-corrected chi connectivity index (χ4v) is 3.23. The zero-order valence-corrected chi connectivity index (χ0v) is 14.8. The highest BCUT2D eigenvalue weighted by atomic mass is 16.3. The van der Waals surface area contributed by atoms with Crippen LogP contribution in [0.1, 0.15) is 43.4 Å². The number of aliphatic hydroxyl groups excluding tert-OH is 1. The Balaban J connectivity index is 2.16. The predicted molar refractivity (Wildman–Crippen MR) is 98.9 cm³/mol. The Morgan fingerprint density at radius 3 is 2.25 bits per heavy atom. The molecular formula is C22H24O2. The second-order valence-corrected chi connectivity index (χ2v) is 7.43. The molecule has 2 aromatic rings. The number of aliphatic hydroxyl groups is 1. The summed E-state index contributed by atoms with van der Waals surface area (Å²) in [4.78, 5) is 12.5. The number of carbonyl (C=O) groups is 1. The van der Waals surface area contributed by atoms with Gasteiger partial charge in [-0.1, -0.05) is 55.8 Å². The third kappa shape index (κ3) is 2.89. The first-order valence-corrected chi connectivity index (χ1v) is 8.44. The molecule has 1 aliphatic rings. The van der Waals surface area contributed by atoms with Gasteiger partial charge in [-0.15, -0.1) is 0 Å². The summed E-state index contributed by atoms with van der Waals surface area (Å²) >= 11 is 0. The van der Waals surface area contributed by atoms with Crippen molar-refractivity contribution in [3.05, 3.63) is 64.9 Å². The number of hydrogen-bond donors (Lipinski definition) is 1. The van der Waals surface area contributed by atoms with Crippen LogP contribution in [-0.2, 0) is 4.79 Å². The molecule has 0 radical (unpaired) electrons. The number of rotatable bonds is 2. The molecule has 1 N–H and O–H groups in total. The molecule has 2 aromatic carbocycles. The van der Waals surface area contributed by atoms with E-state index in [1.807, 2.05) is 32.9 Å². The van der Waals surface area contributed by atoms with Gasteiger partial charge in [0.15, 0.2) is 5.78 Å². The zero-order chi connectivity index (χ0) is 17.5. The van der Waals surface area contributed by atoms with Crippen molar-refractivity contribution >= 4 is 11.4 Å². The minimum Gasteiger partial charge on any atom is -0.511 e. The van der Waals surface area contributed by atoms with Gasteiger partial charge in [-0.2, -0.15) is 0 Å². The Bertz CT molecular complexity index is 824. The smallest absolute Gasteiger partial charge is 0.166 e. The SMILES string of the molecule is Cc1ccc(-c2ccc(C)c(C3=C(O)C(C)(C)CCC3=O)c2)cc1. The third-order valence-corrected chi connectivity index (χ3v) is 5.03. The van der Waals surface area contributed by atoms with E-state index in [0.29, 0.717) is 18.4 Å². The summed E-state index contributed by atoms with van der Waals surface area (Å²) in [5.41, 5.74) is 5.40. The Hall–Kier alpha value is -2.35. The maximum Gasteiger partial charge on any atom is 0.166 e. The molecule has 0 aromatic heterocycles. The summed E-state index contributed by atoms with van der Waals surface area (Å²) in [5, 5.41) is 10.7. The molecule has 0 fully saturated rings. The average molecular weight is 320 g/mol. The molecular weight excluding hydrogens is 296 g/mol. The summed E-state index contributed by atoms with van der Waals surface area (Å²) < 4.78 is 0. The number of ketones is 1. The fraction of sp³-hybridized carbons (Fsp3) is 0.318. The lowest BCUT2D eigenvalue weighted by molar-refractivity contribution is -0.115. The highest BCUT2D eigenvalue weighted by Crippen LogP contribution is 2.42. The van der Waals surface area contributed by atoms with E-state index >= 15 is 0 Å². The van der Waals surface area contributed by atoms with Gasteiger partial charge in [0.05, 0.1) is 5.57 Å². The van der Waals surface area contributed by atoms with Crippen LogP contribution in [0.4, 0.5) is 0 Å². The minimum absolute atomic E-state index is 0.0379. The number of allylic oxidation sites excluding steroid dienone is 2. The largest absolute Gasteiger partial charge is 0.511 e. The van der Waals surface area contributed by atoms with Gasteiger partial charge in [-0.3, -0.25) is 4.79 Å². The normalized spacial score (nSPS) is 17.2. The third-order valence-electron chi connectivity index (χ3n) is 5.03. The first kappa shape index (κ1) is 16.5. The van der Waals surface area contributed by atoms with E-state index in [4.69, 9.17) is 0 Å². The Morgan fingerprint density at radius 1 is 0.958 bits per heavy atom. The zero-order valence-electron chi connectivity index (χ0n) is 14.8. The van der Waals surface area contributed by atoms with Crippen molar-refractivity contribution in [2.24, 2.45) is 5.41 Å². The summed E-state index contributed by atoms with van der Waals surface area (Å²) in [7, 11) is 0. The second-order valence-electron chi connectivity index (χ2n) is 7.43. The lowest BCUT2D eigenvalue weighted by atomic mass is 9.74. The summed E-state index contributed by atoms with van der Waals surface area (Å²) in [6.45, 7) is 8.04. The van der Waals surface area contributed by atoms with Gasteiger partial charge in [0.25, 0.3) is 0 Å². The molecule has 2 heteroatoms. The lowest BCUT2D eigenvalue weighted by Crippen LogP contribution is -2.25. The van der Waals surface area contributed by atoms with Crippen molar-refractivity contribution in [2.75, 3.05) is 0 Å². The average Bonchev–Trinajstić information content (AvgIpc) is 2.54. The van der Waals surface area contributed by atoms with Crippen LogP contribution < -0.4 is 0 Å². The topological polar surface area (TPSA) is 37.3 Å². The van der Waals surface area contributed by atoms with E-state index in [1.165, 1.54) is 5.56 Å². The van der Waals surface area contributed by atoms with E-state index in [1.54, 1.807) is 0 Å². The van der Waals surface area contributed by atoms with Gasteiger partial charge >= 0.3 is 0 Å². The van der Waals surface area contributed by atoms with Gasteiger partial charge in [0.1, 0.15) is 5.76 Å². The predicted octanol–water partition coefficient (Wildman–Crippen LogP) is 5.63. The van der Waals surface area contributed by atoms with Crippen molar-refractivity contribution in [1.82, 2.24) is 0 Å². The molecule has 0 aliphatic heterocycles. The highest BCUT2D eigenvalue weighted by Gasteiger charge is 2.35. The quantitative estimate of drug-likeness (QED) is 0.778. The molecule has 1 aliphatic carbocycles. The van der Waals surface area contributed by atoms with Crippen LogP contribution in [-0.4, -0.2) is 10.9 Å². The number of aryl methyl sites for hydroxylation is 2. The van der Waals surface area contributed by atoms with Crippen LogP contribution in [0.2, 0.25) is 0 Å². The van der Waals surface area contributed by atoms with Crippen molar-refractivity contribution in [1.29, 1.82) is 0 Å². The molecule has 124 valence electrons. The van der Waals surface area contributed by atoms with Crippen molar-refractivity contribution in [2.45, 2.75) is 40.5 Å². The van der Waals surface area contributed by atoms with Gasteiger partial charge in [-0.25, -0.2) is 0 Å². The molecule has 0 atom stereocenters. The van der Waals surface area contributed by atoms with Crippen LogP contribution in [0.5, 0.6) is 0 Å². The van der Waals surface area contributed by atoms with E-state index < -0.39 is 0 Å². The molecule has 0 spiro atoms. The molecule has 0 amide bonds. The molecule has 0 saturated carbocycles. The molecule has 0 saturated heterocycles. The summed E-state index contributed by atoms with van der Waals surface area (Å²) in [6.07, 6.45) is 1.18. The molecule has 0 heterocycles.